The van der Waals surface area contributed by atoms with Gasteiger partial charge in [0, 0.05) is 18.1 Å². The summed E-state index contributed by atoms with van der Waals surface area (Å²) in [4.78, 5) is 37.9. The molecule has 31 heavy (non-hydrogen) atoms. The number of benzene rings is 2. The highest BCUT2D eigenvalue weighted by Crippen LogP contribution is 2.35. The molecule has 2 aromatic rings. The van der Waals surface area contributed by atoms with Crippen LogP contribution in [0, 0.1) is 0 Å². The van der Waals surface area contributed by atoms with E-state index in [1.807, 2.05) is 18.2 Å². The van der Waals surface area contributed by atoms with Crippen LogP contribution in [0.3, 0.4) is 0 Å². The summed E-state index contributed by atoms with van der Waals surface area (Å²) in [6.07, 6.45) is 1.99. The Labute approximate surface area is 180 Å². The van der Waals surface area contributed by atoms with E-state index >= 15 is 0 Å². The van der Waals surface area contributed by atoms with Crippen LogP contribution in [-0.2, 0) is 4.79 Å². The number of hydrogen-bond acceptors (Lipinski definition) is 4. The Hall–Kier alpha value is -3.55. The van der Waals surface area contributed by atoms with Crippen molar-refractivity contribution in [1.29, 1.82) is 0 Å². The third-order valence-corrected chi connectivity index (χ3v) is 5.83. The van der Waals surface area contributed by atoms with Gasteiger partial charge in [0.2, 0.25) is 5.91 Å². The molecular formula is C23H25N3O5. The third kappa shape index (κ3) is 4.79. The van der Waals surface area contributed by atoms with Crippen LogP contribution in [0.2, 0.25) is 0 Å². The lowest BCUT2D eigenvalue weighted by Gasteiger charge is -2.37. The molecule has 3 N–H and O–H groups in total. The minimum atomic E-state index is -0.888. The lowest BCUT2D eigenvalue weighted by Crippen LogP contribution is -2.53. The maximum Gasteiger partial charge on any atom is 0.407 e. The van der Waals surface area contributed by atoms with Gasteiger partial charge in [-0.3, -0.25) is 9.59 Å². The Morgan fingerprint density at radius 3 is 2.29 bits per heavy atom. The molecule has 0 radical (unpaired) electrons. The maximum absolute atomic E-state index is 12.6. The highest BCUT2D eigenvalue weighted by atomic mass is 16.5. The van der Waals surface area contributed by atoms with Crippen LogP contribution < -0.4 is 15.4 Å². The van der Waals surface area contributed by atoms with E-state index < -0.39 is 12.0 Å². The number of nitrogens with zero attached hydrogens (tertiary/aromatic N) is 1. The molecule has 2 aromatic carbocycles. The van der Waals surface area contributed by atoms with Gasteiger partial charge in [-0.1, -0.05) is 30.3 Å². The molecule has 0 saturated carbocycles. The zero-order valence-corrected chi connectivity index (χ0v) is 17.0. The summed E-state index contributed by atoms with van der Waals surface area (Å²) in [5.41, 5.74) is 0.340. The monoisotopic (exact) mass is 423 g/mol. The number of rotatable bonds is 6. The van der Waals surface area contributed by atoms with Crippen molar-refractivity contribution in [3.63, 3.8) is 0 Å². The highest BCUT2D eigenvalue weighted by Gasteiger charge is 2.43. The number of carboxylic acid groups (broad SMARTS) is 1. The van der Waals surface area contributed by atoms with Gasteiger partial charge in [-0.05, 0) is 49.9 Å². The normalized spacial score (nSPS) is 21.9. The van der Waals surface area contributed by atoms with Crippen LogP contribution in [-0.4, -0.2) is 52.6 Å². The summed E-state index contributed by atoms with van der Waals surface area (Å²) >= 11 is 0. The maximum atomic E-state index is 12.6. The van der Waals surface area contributed by atoms with Gasteiger partial charge in [0.1, 0.15) is 11.5 Å². The third-order valence-electron chi connectivity index (χ3n) is 5.83. The molecule has 0 spiro atoms. The average Bonchev–Trinajstić information content (AvgIpc) is 3.04. The van der Waals surface area contributed by atoms with Crippen LogP contribution >= 0.6 is 0 Å². The number of ether oxygens (including phenoxy) is 1. The van der Waals surface area contributed by atoms with Crippen LogP contribution in [0.5, 0.6) is 11.5 Å². The fraction of sp³-hybridized carbons (Fsp3) is 0.348. The van der Waals surface area contributed by atoms with E-state index in [2.05, 4.69) is 10.6 Å². The fourth-order valence-electron chi connectivity index (χ4n) is 4.50. The molecule has 0 aliphatic carbocycles. The van der Waals surface area contributed by atoms with Gasteiger partial charge in [0.05, 0.1) is 12.1 Å². The second-order valence-electron chi connectivity index (χ2n) is 7.90. The molecule has 162 valence electrons. The number of nitrogens with one attached hydrogen (secondary N) is 2. The quantitative estimate of drug-likeness (QED) is 0.662. The molecule has 2 fully saturated rings. The molecule has 2 aliphatic heterocycles. The van der Waals surface area contributed by atoms with E-state index in [-0.39, 0.29) is 30.6 Å². The van der Waals surface area contributed by atoms with Gasteiger partial charge in [0.25, 0.3) is 5.91 Å². The van der Waals surface area contributed by atoms with Gasteiger partial charge < -0.3 is 25.4 Å². The van der Waals surface area contributed by atoms with Crippen LogP contribution in [0.25, 0.3) is 0 Å². The standard InChI is InChI=1S/C23H25N3O5/c27-21(25-15-12-16-10-11-17(13-15)26(16)23(29)30)14-24-22(28)19-8-4-5-9-20(19)31-18-6-2-1-3-7-18/h1-9,15-17H,10-14H2,(H,24,28)(H,25,27)(H,29,30)/t15-,16+,17-. The highest BCUT2D eigenvalue weighted by molar-refractivity contribution is 5.98. The van der Waals surface area contributed by atoms with Crippen LogP contribution in [0.15, 0.2) is 54.6 Å². The molecule has 0 unspecified atom stereocenters. The largest absolute Gasteiger partial charge is 0.465 e. The van der Waals surface area contributed by atoms with Crippen molar-refractivity contribution in [2.45, 2.75) is 43.8 Å². The Kier molecular flexibility index (Phi) is 6.06. The van der Waals surface area contributed by atoms with Crippen LogP contribution in [0.1, 0.15) is 36.0 Å². The second kappa shape index (κ2) is 9.07. The van der Waals surface area contributed by atoms with E-state index in [1.54, 1.807) is 36.4 Å². The molecule has 3 atom stereocenters. The van der Waals surface area contributed by atoms with E-state index in [9.17, 15) is 19.5 Å². The van der Waals surface area contributed by atoms with Crippen molar-refractivity contribution < 1.29 is 24.2 Å². The van der Waals surface area contributed by atoms with Gasteiger partial charge in [-0.15, -0.1) is 0 Å². The van der Waals surface area contributed by atoms with Gasteiger partial charge >= 0.3 is 6.09 Å². The first-order valence-corrected chi connectivity index (χ1v) is 10.4. The zero-order chi connectivity index (χ0) is 21.8. The number of carbonyl (C=O) groups is 3. The molecule has 0 aromatic heterocycles. The summed E-state index contributed by atoms with van der Waals surface area (Å²) in [6, 6.07) is 15.8. The van der Waals surface area contributed by atoms with Crippen LogP contribution in [0.4, 0.5) is 4.79 Å². The molecule has 2 bridgehead atoms. The number of amides is 3. The summed E-state index contributed by atoms with van der Waals surface area (Å²) in [5.74, 6) is 0.331. The summed E-state index contributed by atoms with van der Waals surface area (Å²) in [7, 11) is 0. The molecule has 2 aliphatic rings. The van der Waals surface area contributed by atoms with Crippen molar-refractivity contribution in [1.82, 2.24) is 15.5 Å². The van der Waals surface area contributed by atoms with E-state index in [4.69, 9.17) is 4.74 Å². The number of hydrogen-bond donors (Lipinski definition) is 3. The number of fused-ring (bicyclic) bond motifs is 2. The molecule has 2 saturated heterocycles. The average molecular weight is 423 g/mol. The lowest BCUT2D eigenvalue weighted by molar-refractivity contribution is -0.121. The smallest absolute Gasteiger partial charge is 0.407 e. The SMILES string of the molecule is O=C(CNC(=O)c1ccccc1Oc1ccccc1)N[C@H]1C[C@H]2CC[C@@H](C1)N2C(=O)O. The number of piperidine rings is 1. The zero-order valence-electron chi connectivity index (χ0n) is 17.0. The molecule has 8 nitrogen and oxygen atoms in total. The minimum Gasteiger partial charge on any atom is -0.465 e. The van der Waals surface area contributed by atoms with Crippen molar-refractivity contribution in [2.75, 3.05) is 6.54 Å². The number of carbonyl (C=O) groups excluding carboxylic acids is 2. The summed E-state index contributed by atoms with van der Waals surface area (Å²) < 4.78 is 5.80. The molecule has 8 heteroatoms. The van der Waals surface area contributed by atoms with Crippen molar-refractivity contribution in [3.05, 3.63) is 60.2 Å². The first-order chi connectivity index (χ1) is 15.0. The minimum absolute atomic E-state index is 0.0434. The molecule has 2 heterocycles. The summed E-state index contributed by atoms with van der Waals surface area (Å²) in [5, 5.41) is 14.9. The summed E-state index contributed by atoms with van der Waals surface area (Å²) in [6.45, 7) is -0.160. The van der Waals surface area contributed by atoms with Gasteiger partial charge in [-0.25, -0.2) is 4.79 Å². The Morgan fingerprint density at radius 2 is 1.61 bits per heavy atom. The van der Waals surface area contributed by atoms with Crippen molar-refractivity contribution in [3.8, 4) is 11.5 Å². The fourth-order valence-corrected chi connectivity index (χ4v) is 4.50. The van der Waals surface area contributed by atoms with E-state index in [1.165, 1.54) is 4.90 Å². The first kappa shape index (κ1) is 20.7. The predicted octanol–water partition coefficient (Wildman–Crippen LogP) is 3.00. The predicted molar refractivity (Wildman–Crippen MR) is 113 cm³/mol. The molecule has 3 amide bonds. The first-order valence-electron chi connectivity index (χ1n) is 10.4. The van der Waals surface area contributed by atoms with Gasteiger partial charge in [-0.2, -0.15) is 0 Å². The lowest BCUT2D eigenvalue weighted by atomic mass is 9.98. The van der Waals surface area contributed by atoms with Crippen molar-refractivity contribution in [2.24, 2.45) is 0 Å². The Morgan fingerprint density at radius 1 is 0.968 bits per heavy atom. The second-order valence-corrected chi connectivity index (χ2v) is 7.90. The van der Waals surface area contributed by atoms with E-state index in [0.717, 1.165) is 12.8 Å². The Bertz CT molecular complexity index is 951. The molecular weight excluding hydrogens is 398 g/mol. The van der Waals surface area contributed by atoms with E-state index in [0.29, 0.717) is 29.9 Å². The molecule has 4 rings (SSSR count). The van der Waals surface area contributed by atoms with Gasteiger partial charge in [0.15, 0.2) is 0 Å². The number of para-hydroxylation sites is 2. The van der Waals surface area contributed by atoms with Crippen molar-refractivity contribution >= 4 is 17.9 Å². The Balaban J connectivity index is 1.31. The topological polar surface area (TPSA) is 108 Å².